The van der Waals surface area contributed by atoms with Crippen LogP contribution in [0.2, 0.25) is 0 Å². The molecule has 1 amide bonds. The SMILES string of the molecule is CC(=O)NC1=CCC([C@H]2CCC[C@H](N[C@H](C)c3cccc4ccccc34)C2)C=C1. The molecule has 1 saturated carbocycles. The molecule has 1 fully saturated rings. The van der Waals surface area contributed by atoms with E-state index in [-0.39, 0.29) is 5.91 Å². The fourth-order valence-corrected chi connectivity index (χ4v) is 5.12. The van der Waals surface area contributed by atoms with Crippen LogP contribution in [0.3, 0.4) is 0 Å². The largest absolute Gasteiger partial charge is 0.327 e. The van der Waals surface area contributed by atoms with E-state index in [9.17, 15) is 4.79 Å². The first kappa shape index (κ1) is 19.9. The summed E-state index contributed by atoms with van der Waals surface area (Å²) in [5.41, 5.74) is 2.34. The first-order valence-electron chi connectivity index (χ1n) is 11.0. The smallest absolute Gasteiger partial charge is 0.221 e. The highest BCUT2D eigenvalue weighted by Crippen LogP contribution is 2.36. The summed E-state index contributed by atoms with van der Waals surface area (Å²) in [6, 6.07) is 16.2. The van der Waals surface area contributed by atoms with E-state index in [0.29, 0.717) is 23.9 Å². The first-order chi connectivity index (χ1) is 14.1. The Morgan fingerprint density at radius 2 is 1.93 bits per heavy atom. The number of hydrogen-bond donors (Lipinski definition) is 2. The number of nitrogens with one attached hydrogen (secondary N) is 2. The monoisotopic (exact) mass is 388 g/mol. The summed E-state index contributed by atoms with van der Waals surface area (Å²) in [6.07, 6.45) is 12.7. The molecule has 3 nitrogen and oxygen atoms in total. The maximum absolute atomic E-state index is 11.2. The van der Waals surface area contributed by atoms with E-state index in [1.807, 2.05) is 0 Å². The number of carbonyl (C=O) groups is 1. The van der Waals surface area contributed by atoms with E-state index in [1.54, 1.807) is 6.92 Å². The third kappa shape index (κ3) is 4.79. The van der Waals surface area contributed by atoms with Gasteiger partial charge in [-0.1, -0.05) is 61.0 Å². The van der Waals surface area contributed by atoms with E-state index in [4.69, 9.17) is 0 Å². The molecule has 2 aromatic carbocycles. The van der Waals surface area contributed by atoms with Crippen molar-refractivity contribution in [3.05, 3.63) is 72.0 Å². The molecule has 2 aliphatic carbocycles. The van der Waals surface area contributed by atoms with Crippen LogP contribution in [0.5, 0.6) is 0 Å². The predicted octanol–water partition coefficient (Wildman–Crippen LogP) is 5.65. The average molecular weight is 389 g/mol. The molecule has 0 aliphatic heterocycles. The Balaban J connectivity index is 1.38. The van der Waals surface area contributed by atoms with Gasteiger partial charge in [-0.15, -0.1) is 0 Å². The van der Waals surface area contributed by atoms with Gasteiger partial charge in [0.15, 0.2) is 0 Å². The number of carbonyl (C=O) groups excluding carboxylic acids is 1. The van der Waals surface area contributed by atoms with Crippen molar-refractivity contribution in [2.45, 2.75) is 58.0 Å². The summed E-state index contributed by atoms with van der Waals surface area (Å²) in [5.74, 6) is 1.31. The Bertz CT molecular complexity index is 924. The van der Waals surface area contributed by atoms with E-state index >= 15 is 0 Å². The number of hydrogen-bond acceptors (Lipinski definition) is 2. The van der Waals surface area contributed by atoms with Crippen LogP contribution in [0.15, 0.2) is 66.4 Å². The number of amides is 1. The Hall–Kier alpha value is -2.39. The van der Waals surface area contributed by atoms with Crippen LogP contribution in [0, 0.1) is 11.8 Å². The van der Waals surface area contributed by atoms with E-state index in [2.05, 4.69) is 78.2 Å². The quantitative estimate of drug-likeness (QED) is 0.695. The minimum Gasteiger partial charge on any atom is -0.327 e. The fourth-order valence-electron chi connectivity index (χ4n) is 5.12. The minimum absolute atomic E-state index is 0.00343. The molecule has 2 aromatic rings. The van der Waals surface area contributed by atoms with E-state index < -0.39 is 0 Å². The van der Waals surface area contributed by atoms with Gasteiger partial charge in [-0.25, -0.2) is 0 Å². The summed E-state index contributed by atoms with van der Waals surface area (Å²) in [4.78, 5) is 11.2. The molecule has 0 bridgehead atoms. The number of fused-ring (bicyclic) bond motifs is 1. The summed E-state index contributed by atoms with van der Waals surface area (Å²) in [7, 11) is 0. The Morgan fingerprint density at radius 1 is 1.10 bits per heavy atom. The van der Waals surface area contributed by atoms with Crippen molar-refractivity contribution >= 4 is 16.7 Å². The van der Waals surface area contributed by atoms with Crippen LogP contribution in [0.4, 0.5) is 0 Å². The number of benzene rings is 2. The summed E-state index contributed by atoms with van der Waals surface area (Å²) in [5, 5.41) is 9.50. The lowest BCUT2D eigenvalue weighted by molar-refractivity contribution is -0.118. The fraction of sp³-hybridized carbons (Fsp3) is 0.423. The van der Waals surface area contributed by atoms with Gasteiger partial charge < -0.3 is 10.6 Å². The molecule has 2 aliphatic rings. The standard InChI is InChI=1S/C26H32N2O/c1-18(25-12-6-8-21-7-3-4-11-26(21)25)27-24-10-5-9-22(17-24)20-13-15-23(16-14-20)28-19(2)29/h3-4,6-8,11-13,15-16,18,20,22,24,27H,5,9-10,14,17H2,1-2H3,(H,28,29)/t18-,20?,22+,24+/m1/s1. The molecule has 3 heteroatoms. The molecule has 152 valence electrons. The predicted molar refractivity (Wildman–Crippen MR) is 120 cm³/mol. The van der Waals surface area contributed by atoms with Crippen molar-refractivity contribution in [2.24, 2.45) is 11.8 Å². The minimum atomic E-state index is 0.00343. The highest BCUT2D eigenvalue weighted by molar-refractivity contribution is 5.86. The van der Waals surface area contributed by atoms with Crippen molar-refractivity contribution < 1.29 is 4.79 Å². The summed E-state index contributed by atoms with van der Waals surface area (Å²) < 4.78 is 0. The molecular formula is C26H32N2O. The van der Waals surface area contributed by atoms with Gasteiger partial charge in [0.2, 0.25) is 5.91 Å². The van der Waals surface area contributed by atoms with Crippen LogP contribution in [0.25, 0.3) is 10.8 Å². The van der Waals surface area contributed by atoms with Crippen LogP contribution in [-0.2, 0) is 4.79 Å². The lowest BCUT2D eigenvalue weighted by Gasteiger charge is -2.36. The van der Waals surface area contributed by atoms with Gasteiger partial charge in [0.25, 0.3) is 0 Å². The second kappa shape index (κ2) is 8.96. The molecule has 0 aromatic heterocycles. The van der Waals surface area contributed by atoms with Crippen molar-refractivity contribution in [3.8, 4) is 0 Å². The Labute approximate surface area is 174 Å². The van der Waals surface area contributed by atoms with Crippen molar-refractivity contribution in [1.29, 1.82) is 0 Å². The first-order valence-corrected chi connectivity index (χ1v) is 11.0. The van der Waals surface area contributed by atoms with E-state index in [1.165, 1.54) is 42.0 Å². The van der Waals surface area contributed by atoms with Crippen molar-refractivity contribution in [3.63, 3.8) is 0 Å². The normalized spacial score (nSPS) is 25.4. The van der Waals surface area contributed by atoms with E-state index in [0.717, 1.165) is 12.1 Å². The second-order valence-corrected chi connectivity index (χ2v) is 8.68. The molecule has 2 N–H and O–H groups in total. The third-order valence-corrected chi connectivity index (χ3v) is 6.55. The molecule has 0 spiro atoms. The molecular weight excluding hydrogens is 356 g/mol. The Kier molecular flexibility index (Phi) is 6.15. The highest BCUT2D eigenvalue weighted by atomic mass is 16.1. The molecule has 0 saturated heterocycles. The van der Waals surface area contributed by atoms with Crippen LogP contribution in [0.1, 0.15) is 57.6 Å². The zero-order valence-electron chi connectivity index (χ0n) is 17.5. The summed E-state index contributed by atoms with van der Waals surface area (Å²) >= 11 is 0. The van der Waals surface area contributed by atoms with Gasteiger partial charge in [-0.2, -0.15) is 0 Å². The Morgan fingerprint density at radius 3 is 2.72 bits per heavy atom. The molecule has 0 heterocycles. The highest BCUT2D eigenvalue weighted by Gasteiger charge is 2.28. The van der Waals surface area contributed by atoms with Crippen LogP contribution < -0.4 is 10.6 Å². The average Bonchev–Trinajstić information content (AvgIpc) is 2.73. The van der Waals surface area contributed by atoms with Crippen molar-refractivity contribution in [2.75, 3.05) is 0 Å². The number of allylic oxidation sites excluding steroid dienone is 3. The van der Waals surface area contributed by atoms with Gasteiger partial charge in [0, 0.05) is 24.7 Å². The zero-order valence-corrected chi connectivity index (χ0v) is 17.5. The molecule has 4 rings (SSSR count). The summed E-state index contributed by atoms with van der Waals surface area (Å²) in [6.45, 7) is 3.86. The van der Waals surface area contributed by atoms with Gasteiger partial charge in [0.1, 0.15) is 0 Å². The van der Waals surface area contributed by atoms with Gasteiger partial charge in [0.05, 0.1) is 0 Å². The molecule has 4 atom stereocenters. The lowest BCUT2D eigenvalue weighted by Crippen LogP contribution is -2.37. The maximum atomic E-state index is 11.2. The maximum Gasteiger partial charge on any atom is 0.221 e. The van der Waals surface area contributed by atoms with Crippen LogP contribution in [-0.4, -0.2) is 11.9 Å². The van der Waals surface area contributed by atoms with Gasteiger partial charge in [-0.3, -0.25) is 4.79 Å². The topological polar surface area (TPSA) is 41.1 Å². The molecule has 29 heavy (non-hydrogen) atoms. The molecule has 0 radical (unpaired) electrons. The molecule has 1 unspecified atom stereocenters. The van der Waals surface area contributed by atoms with Crippen LogP contribution >= 0.6 is 0 Å². The second-order valence-electron chi connectivity index (χ2n) is 8.68. The van der Waals surface area contributed by atoms with Gasteiger partial charge in [-0.05, 0) is 66.9 Å². The number of rotatable bonds is 5. The zero-order chi connectivity index (χ0) is 20.2. The van der Waals surface area contributed by atoms with Crippen molar-refractivity contribution in [1.82, 2.24) is 10.6 Å². The van der Waals surface area contributed by atoms with Gasteiger partial charge >= 0.3 is 0 Å². The lowest BCUT2D eigenvalue weighted by atomic mass is 9.75. The third-order valence-electron chi connectivity index (χ3n) is 6.55.